The van der Waals surface area contributed by atoms with Crippen LogP contribution in [0.5, 0.6) is 0 Å². The maximum Gasteiger partial charge on any atom is 0.254 e. The summed E-state index contributed by atoms with van der Waals surface area (Å²) in [5, 5.41) is 0. The highest BCUT2D eigenvalue weighted by atomic mass is 19.1. The lowest BCUT2D eigenvalue weighted by Crippen LogP contribution is -2.40. The second kappa shape index (κ2) is 6.75. The Morgan fingerprint density at radius 2 is 1.65 bits per heavy atom. The fourth-order valence-electron chi connectivity index (χ4n) is 3.65. The SMILES string of the molecule is Cc1ccc(C(=O)N2CCc3ccccc3[C@H]2c2ccc(F)cc2)cc1. The molecule has 1 aliphatic rings. The van der Waals surface area contributed by atoms with E-state index in [0.29, 0.717) is 12.1 Å². The summed E-state index contributed by atoms with van der Waals surface area (Å²) in [6.45, 7) is 2.65. The van der Waals surface area contributed by atoms with Crippen LogP contribution < -0.4 is 0 Å². The first-order valence-corrected chi connectivity index (χ1v) is 8.84. The largest absolute Gasteiger partial charge is 0.327 e. The summed E-state index contributed by atoms with van der Waals surface area (Å²) in [6.07, 6.45) is 0.825. The Kier molecular flexibility index (Phi) is 4.29. The van der Waals surface area contributed by atoms with Crippen molar-refractivity contribution in [3.63, 3.8) is 0 Å². The van der Waals surface area contributed by atoms with E-state index in [1.165, 1.54) is 17.7 Å². The zero-order valence-corrected chi connectivity index (χ0v) is 14.7. The Morgan fingerprint density at radius 1 is 0.962 bits per heavy atom. The van der Waals surface area contributed by atoms with Gasteiger partial charge in [0.15, 0.2) is 0 Å². The number of carbonyl (C=O) groups is 1. The van der Waals surface area contributed by atoms with Gasteiger partial charge in [-0.25, -0.2) is 4.39 Å². The normalized spacial score (nSPS) is 16.2. The molecular weight excluding hydrogens is 325 g/mol. The van der Waals surface area contributed by atoms with Gasteiger partial charge in [0, 0.05) is 12.1 Å². The third-order valence-corrected chi connectivity index (χ3v) is 5.03. The average Bonchev–Trinajstić information content (AvgIpc) is 2.68. The summed E-state index contributed by atoms with van der Waals surface area (Å²) in [7, 11) is 0. The summed E-state index contributed by atoms with van der Waals surface area (Å²) in [5.41, 5.74) is 5.10. The van der Waals surface area contributed by atoms with Crippen LogP contribution in [0.3, 0.4) is 0 Å². The van der Waals surface area contributed by atoms with Crippen LogP contribution in [-0.4, -0.2) is 17.4 Å². The van der Waals surface area contributed by atoms with Crippen LogP contribution in [0.15, 0.2) is 72.8 Å². The van der Waals surface area contributed by atoms with Crippen LogP contribution in [0, 0.1) is 12.7 Å². The van der Waals surface area contributed by atoms with E-state index in [0.717, 1.165) is 23.1 Å². The summed E-state index contributed by atoms with van der Waals surface area (Å²) in [4.78, 5) is 15.1. The Bertz CT molecular complexity index is 931. The molecule has 1 heterocycles. The summed E-state index contributed by atoms with van der Waals surface area (Å²) < 4.78 is 13.4. The molecule has 2 nitrogen and oxygen atoms in total. The van der Waals surface area contributed by atoms with Crippen molar-refractivity contribution in [2.24, 2.45) is 0 Å². The van der Waals surface area contributed by atoms with Gasteiger partial charge in [-0.3, -0.25) is 4.79 Å². The number of carbonyl (C=O) groups excluding carboxylic acids is 1. The van der Waals surface area contributed by atoms with E-state index in [4.69, 9.17) is 0 Å². The first-order chi connectivity index (χ1) is 12.6. The maximum atomic E-state index is 13.4. The van der Waals surface area contributed by atoms with Gasteiger partial charge in [0.2, 0.25) is 0 Å². The van der Waals surface area contributed by atoms with E-state index in [1.807, 2.05) is 48.2 Å². The van der Waals surface area contributed by atoms with E-state index in [2.05, 4.69) is 12.1 Å². The predicted octanol–water partition coefficient (Wildman–Crippen LogP) is 4.92. The number of hydrogen-bond donors (Lipinski definition) is 0. The van der Waals surface area contributed by atoms with Gasteiger partial charge in [-0.05, 0) is 54.3 Å². The van der Waals surface area contributed by atoms with Crippen molar-refractivity contribution in [3.05, 3.63) is 106 Å². The minimum atomic E-state index is -0.269. The molecule has 3 aromatic rings. The summed E-state index contributed by atoms with van der Waals surface area (Å²) >= 11 is 0. The van der Waals surface area contributed by atoms with Crippen LogP contribution >= 0.6 is 0 Å². The van der Waals surface area contributed by atoms with E-state index < -0.39 is 0 Å². The van der Waals surface area contributed by atoms with E-state index >= 15 is 0 Å². The maximum absolute atomic E-state index is 13.4. The van der Waals surface area contributed by atoms with Crippen molar-refractivity contribution < 1.29 is 9.18 Å². The van der Waals surface area contributed by atoms with Gasteiger partial charge in [0.1, 0.15) is 5.82 Å². The number of benzene rings is 3. The molecular formula is C23H20FNO. The molecule has 0 saturated carbocycles. The molecule has 0 spiro atoms. The number of fused-ring (bicyclic) bond motifs is 1. The smallest absolute Gasteiger partial charge is 0.254 e. The molecule has 0 unspecified atom stereocenters. The molecule has 0 saturated heterocycles. The van der Waals surface area contributed by atoms with Crippen molar-refractivity contribution >= 4 is 5.91 Å². The third kappa shape index (κ3) is 3.01. The lowest BCUT2D eigenvalue weighted by Gasteiger charge is -2.38. The molecule has 130 valence electrons. The number of hydrogen-bond acceptors (Lipinski definition) is 1. The van der Waals surface area contributed by atoms with Gasteiger partial charge in [0.25, 0.3) is 5.91 Å². The number of halogens is 1. The number of rotatable bonds is 2. The minimum Gasteiger partial charge on any atom is -0.327 e. The second-order valence-electron chi connectivity index (χ2n) is 6.77. The molecule has 0 aromatic heterocycles. The van der Waals surface area contributed by atoms with Gasteiger partial charge in [-0.2, -0.15) is 0 Å². The number of aryl methyl sites for hydroxylation is 1. The van der Waals surface area contributed by atoms with Crippen molar-refractivity contribution in [1.29, 1.82) is 0 Å². The zero-order valence-electron chi connectivity index (χ0n) is 14.7. The van der Waals surface area contributed by atoms with Crippen LogP contribution in [0.2, 0.25) is 0 Å². The Labute approximate surface area is 152 Å². The molecule has 0 radical (unpaired) electrons. The molecule has 0 N–H and O–H groups in total. The summed E-state index contributed by atoms with van der Waals surface area (Å²) in [5.74, 6) is -0.261. The Hall–Kier alpha value is -2.94. The quantitative estimate of drug-likeness (QED) is 0.645. The molecule has 1 atom stereocenters. The van der Waals surface area contributed by atoms with E-state index in [9.17, 15) is 9.18 Å². The van der Waals surface area contributed by atoms with Crippen LogP contribution in [0.1, 0.15) is 38.7 Å². The first-order valence-electron chi connectivity index (χ1n) is 8.84. The molecule has 3 heteroatoms. The van der Waals surface area contributed by atoms with Crippen LogP contribution in [0.25, 0.3) is 0 Å². The standard InChI is InChI=1S/C23H20FNO/c1-16-6-8-19(9-7-16)23(26)25-15-14-17-4-2-3-5-21(17)22(25)18-10-12-20(24)13-11-18/h2-13,22H,14-15H2,1H3/t22-/m1/s1. The Morgan fingerprint density at radius 3 is 2.38 bits per heavy atom. The van der Waals surface area contributed by atoms with Gasteiger partial charge in [-0.15, -0.1) is 0 Å². The highest BCUT2D eigenvalue weighted by molar-refractivity contribution is 5.95. The molecule has 0 aliphatic carbocycles. The number of nitrogens with zero attached hydrogens (tertiary/aromatic N) is 1. The highest BCUT2D eigenvalue weighted by Crippen LogP contribution is 2.36. The van der Waals surface area contributed by atoms with E-state index in [-0.39, 0.29) is 17.8 Å². The van der Waals surface area contributed by atoms with E-state index in [1.54, 1.807) is 12.1 Å². The van der Waals surface area contributed by atoms with Crippen molar-refractivity contribution in [1.82, 2.24) is 4.90 Å². The van der Waals surface area contributed by atoms with Crippen LogP contribution in [-0.2, 0) is 6.42 Å². The minimum absolute atomic E-state index is 0.00817. The lowest BCUT2D eigenvalue weighted by atomic mass is 9.87. The monoisotopic (exact) mass is 345 g/mol. The van der Waals surface area contributed by atoms with Crippen molar-refractivity contribution in [3.8, 4) is 0 Å². The number of amides is 1. The second-order valence-corrected chi connectivity index (χ2v) is 6.77. The lowest BCUT2D eigenvalue weighted by molar-refractivity contribution is 0.0694. The third-order valence-electron chi connectivity index (χ3n) is 5.03. The predicted molar refractivity (Wildman–Crippen MR) is 101 cm³/mol. The summed E-state index contributed by atoms with van der Waals surface area (Å²) in [6, 6.07) is 22.1. The fraction of sp³-hybridized carbons (Fsp3) is 0.174. The molecule has 26 heavy (non-hydrogen) atoms. The fourth-order valence-corrected chi connectivity index (χ4v) is 3.65. The average molecular weight is 345 g/mol. The molecule has 0 bridgehead atoms. The van der Waals surface area contributed by atoms with Crippen molar-refractivity contribution in [2.45, 2.75) is 19.4 Å². The molecule has 1 amide bonds. The van der Waals surface area contributed by atoms with Gasteiger partial charge >= 0.3 is 0 Å². The molecule has 3 aromatic carbocycles. The van der Waals surface area contributed by atoms with Gasteiger partial charge in [-0.1, -0.05) is 54.1 Å². The van der Waals surface area contributed by atoms with Crippen molar-refractivity contribution in [2.75, 3.05) is 6.54 Å². The van der Waals surface area contributed by atoms with Crippen LogP contribution in [0.4, 0.5) is 4.39 Å². The zero-order chi connectivity index (χ0) is 18.1. The van der Waals surface area contributed by atoms with Gasteiger partial charge < -0.3 is 4.90 Å². The molecule has 4 rings (SSSR count). The highest BCUT2D eigenvalue weighted by Gasteiger charge is 2.32. The first kappa shape index (κ1) is 16.5. The Balaban J connectivity index is 1.78. The molecule has 1 aliphatic heterocycles. The molecule has 0 fully saturated rings. The topological polar surface area (TPSA) is 20.3 Å². The van der Waals surface area contributed by atoms with Gasteiger partial charge in [0.05, 0.1) is 6.04 Å².